The molecule has 3 rings (SSSR count). The minimum absolute atomic E-state index is 0.111. The van der Waals surface area contributed by atoms with Crippen LogP contribution in [0.25, 0.3) is 5.57 Å². The molecule has 2 atom stereocenters. The van der Waals surface area contributed by atoms with E-state index in [2.05, 4.69) is 45.0 Å². The fourth-order valence-corrected chi connectivity index (χ4v) is 4.06. The molecule has 1 saturated carbocycles. The standard InChI is InChI=1S/C20H26O2/c1-4-5-11-20-16(13-18(20)21)12-17(19(20)22-14(2)3)15-9-7-6-8-10-15/h6-10,14,16H,4-5,11-13H2,1-3H3/t16-,20-/m0/s1. The van der Waals surface area contributed by atoms with Crippen molar-refractivity contribution in [2.45, 2.75) is 59.0 Å². The third-order valence-corrected chi connectivity index (χ3v) is 5.16. The van der Waals surface area contributed by atoms with Crippen molar-refractivity contribution in [2.75, 3.05) is 0 Å². The van der Waals surface area contributed by atoms with Crippen LogP contribution >= 0.6 is 0 Å². The molecular formula is C20H26O2. The van der Waals surface area contributed by atoms with Crippen LogP contribution in [0.15, 0.2) is 36.1 Å². The zero-order valence-electron chi connectivity index (χ0n) is 13.9. The monoisotopic (exact) mass is 298 g/mol. The highest BCUT2D eigenvalue weighted by Gasteiger charge is 2.62. The molecule has 0 unspecified atom stereocenters. The summed E-state index contributed by atoms with van der Waals surface area (Å²) < 4.78 is 6.24. The van der Waals surface area contributed by atoms with Gasteiger partial charge in [0.2, 0.25) is 0 Å². The molecule has 0 bridgehead atoms. The predicted molar refractivity (Wildman–Crippen MR) is 89.3 cm³/mol. The van der Waals surface area contributed by atoms with E-state index in [1.54, 1.807) is 0 Å². The Morgan fingerprint density at radius 3 is 2.55 bits per heavy atom. The van der Waals surface area contributed by atoms with Crippen molar-refractivity contribution in [2.24, 2.45) is 11.3 Å². The van der Waals surface area contributed by atoms with Gasteiger partial charge in [-0.2, -0.15) is 0 Å². The minimum atomic E-state index is -0.314. The van der Waals surface area contributed by atoms with Crippen molar-refractivity contribution < 1.29 is 9.53 Å². The van der Waals surface area contributed by atoms with Gasteiger partial charge in [0.25, 0.3) is 0 Å². The quantitative estimate of drug-likeness (QED) is 0.739. The fourth-order valence-electron chi connectivity index (χ4n) is 4.06. The number of carbonyl (C=O) groups excluding carboxylic acids is 1. The first-order valence-corrected chi connectivity index (χ1v) is 8.58. The lowest BCUT2D eigenvalue weighted by atomic mass is 9.58. The maximum atomic E-state index is 12.6. The molecule has 0 aromatic heterocycles. The number of hydrogen-bond donors (Lipinski definition) is 0. The zero-order valence-corrected chi connectivity index (χ0v) is 13.9. The van der Waals surface area contributed by atoms with Crippen molar-refractivity contribution in [3.05, 3.63) is 41.7 Å². The smallest absolute Gasteiger partial charge is 0.147 e. The topological polar surface area (TPSA) is 26.3 Å². The SMILES string of the molecule is CCCC[C@@]12C(=O)C[C@@H]1CC(c1ccccc1)=C2OC(C)C. The summed E-state index contributed by atoms with van der Waals surface area (Å²) in [6.07, 6.45) is 4.99. The molecule has 0 heterocycles. The average molecular weight is 298 g/mol. The number of carbonyl (C=O) groups is 1. The van der Waals surface area contributed by atoms with Crippen LogP contribution in [0.5, 0.6) is 0 Å². The number of fused-ring (bicyclic) bond motifs is 1. The van der Waals surface area contributed by atoms with Gasteiger partial charge in [0, 0.05) is 6.42 Å². The number of allylic oxidation sites excluding steroid dienone is 2. The normalized spacial score (nSPS) is 27.1. The average Bonchev–Trinajstić information content (AvgIpc) is 2.74. The Hall–Kier alpha value is -1.57. The molecule has 0 aliphatic heterocycles. The van der Waals surface area contributed by atoms with Gasteiger partial charge in [-0.05, 0) is 43.7 Å². The maximum absolute atomic E-state index is 12.6. The van der Waals surface area contributed by atoms with Gasteiger partial charge in [-0.3, -0.25) is 4.79 Å². The van der Waals surface area contributed by atoms with Crippen molar-refractivity contribution in [1.29, 1.82) is 0 Å². The van der Waals surface area contributed by atoms with E-state index in [9.17, 15) is 4.79 Å². The highest BCUT2D eigenvalue weighted by molar-refractivity contribution is 5.99. The number of Topliss-reactive ketones (excluding diaryl/α,β-unsaturated/α-hetero) is 1. The van der Waals surface area contributed by atoms with E-state index in [0.29, 0.717) is 11.7 Å². The third kappa shape index (κ3) is 2.29. The number of ketones is 1. The molecule has 1 aromatic carbocycles. The van der Waals surface area contributed by atoms with Crippen molar-refractivity contribution in [3.8, 4) is 0 Å². The molecule has 2 aliphatic carbocycles. The van der Waals surface area contributed by atoms with E-state index >= 15 is 0 Å². The number of hydrogen-bond acceptors (Lipinski definition) is 2. The van der Waals surface area contributed by atoms with Crippen LogP contribution in [0.1, 0.15) is 58.4 Å². The lowest BCUT2D eigenvalue weighted by Gasteiger charge is -2.45. The van der Waals surface area contributed by atoms with Gasteiger partial charge >= 0.3 is 0 Å². The van der Waals surface area contributed by atoms with Crippen LogP contribution in [0.3, 0.4) is 0 Å². The van der Waals surface area contributed by atoms with Gasteiger partial charge in [-0.1, -0.05) is 50.1 Å². The van der Waals surface area contributed by atoms with Gasteiger partial charge < -0.3 is 4.74 Å². The van der Waals surface area contributed by atoms with Crippen LogP contribution in [0.2, 0.25) is 0 Å². The Kier molecular flexibility index (Phi) is 4.12. The fraction of sp³-hybridized carbons (Fsp3) is 0.550. The molecule has 0 spiro atoms. The van der Waals surface area contributed by atoms with Gasteiger partial charge in [0.1, 0.15) is 11.5 Å². The first-order chi connectivity index (χ1) is 10.6. The maximum Gasteiger partial charge on any atom is 0.147 e. The van der Waals surface area contributed by atoms with Crippen molar-refractivity contribution in [1.82, 2.24) is 0 Å². The predicted octanol–water partition coefficient (Wildman–Crippen LogP) is 4.99. The number of unbranched alkanes of at least 4 members (excludes halogenated alkanes) is 1. The molecule has 0 radical (unpaired) electrons. The molecule has 22 heavy (non-hydrogen) atoms. The summed E-state index contributed by atoms with van der Waals surface area (Å²) in [5.74, 6) is 1.84. The molecular weight excluding hydrogens is 272 g/mol. The van der Waals surface area contributed by atoms with Crippen molar-refractivity contribution in [3.63, 3.8) is 0 Å². The van der Waals surface area contributed by atoms with Crippen LogP contribution < -0.4 is 0 Å². The van der Waals surface area contributed by atoms with Gasteiger partial charge in [0.05, 0.1) is 11.5 Å². The van der Waals surface area contributed by atoms with Crippen molar-refractivity contribution >= 4 is 11.4 Å². The molecule has 0 amide bonds. The largest absolute Gasteiger partial charge is 0.494 e. The summed E-state index contributed by atoms with van der Waals surface area (Å²) >= 11 is 0. The Morgan fingerprint density at radius 1 is 1.23 bits per heavy atom. The molecule has 1 aromatic rings. The molecule has 0 N–H and O–H groups in total. The van der Waals surface area contributed by atoms with E-state index in [-0.39, 0.29) is 11.5 Å². The summed E-state index contributed by atoms with van der Waals surface area (Å²) in [7, 11) is 0. The van der Waals surface area contributed by atoms with Crippen LogP contribution in [-0.4, -0.2) is 11.9 Å². The third-order valence-electron chi connectivity index (χ3n) is 5.16. The van der Waals surface area contributed by atoms with Gasteiger partial charge in [-0.25, -0.2) is 0 Å². The summed E-state index contributed by atoms with van der Waals surface area (Å²) in [5.41, 5.74) is 2.17. The molecule has 118 valence electrons. The van der Waals surface area contributed by atoms with Crippen LogP contribution in [0, 0.1) is 11.3 Å². The molecule has 2 aliphatic rings. The van der Waals surface area contributed by atoms with Gasteiger partial charge in [-0.15, -0.1) is 0 Å². The molecule has 1 fully saturated rings. The van der Waals surface area contributed by atoms with E-state index in [1.165, 1.54) is 11.1 Å². The highest BCUT2D eigenvalue weighted by atomic mass is 16.5. The van der Waals surface area contributed by atoms with E-state index in [1.807, 2.05) is 6.07 Å². The summed E-state index contributed by atoms with van der Waals surface area (Å²) in [6.45, 7) is 6.30. The first-order valence-electron chi connectivity index (χ1n) is 8.58. The second-order valence-electron chi connectivity index (χ2n) is 6.94. The minimum Gasteiger partial charge on any atom is -0.494 e. The number of rotatable bonds is 6. The number of benzene rings is 1. The lowest BCUT2D eigenvalue weighted by molar-refractivity contribution is -0.145. The summed E-state index contributed by atoms with van der Waals surface area (Å²) in [4.78, 5) is 12.6. The molecule has 2 heteroatoms. The first kappa shape index (κ1) is 15.3. The Balaban J connectivity index is 2.05. The molecule has 0 saturated heterocycles. The second-order valence-corrected chi connectivity index (χ2v) is 6.94. The van der Waals surface area contributed by atoms with Gasteiger partial charge in [0.15, 0.2) is 0 Å². The Labute approximate surface area is 133 Å². The number of ether oxygens (including phenoxy) is 1. The van der Waals surface area contributed by atoms with Crippen LogP contribution in [0.4, 0.5) is 0 Å². The van der Waals surface area contributed by atoms with Crippen LogP contribution in [-0.2, 0) is 9.53 Å². The van der Waals surface area contributed by atoms with E-state index in [4.69, 9.17) is 4.74 Å². The highest BCUT2D eigenvalue weighted by Crippen LogP contribution is 2.62. The molecule has 2 nitrogen and oxygen atoms in total. The lowest BCUT2D eigenvalue weighted by Crippen LogP contribution is -2.49. The Morgan fingerprint density at radius 2 is 1.95 bits per heavy atom. The zero-order chi connectivity index (χ0) is 15.7. The summed E-state index contributed by atoms with van der Waals surface area (Å²) in [5, 5.41) is 0. The second kappa shape index (κ2) is 5.91. The van der Waals surface area contributed by atoms with E-state index in [0.717, 1.165) is 37.9 Å². The van der Waals surface area contributed by atoms with E-state index < -0.39 is 0 Å². The Bertz CT molecular complexity index is 585. The summed E-state index contributed by atoms with van der Waals surface area (Å²) in [6, 6.07) is 10.4.